The third-order valence-corrected chi connectivity index (χ3v) is 7.58. The standard InChI is InChI=1S/C26H32Cl2N2O2S/c1-2-24(26(32)29-22-11-7-4-8-12-22)30(16-19-9-5-3-6-10-19)25(31)18-33-17-20-13-14-21(27)15-23(20)28/h3,5-6,9-10,13-15,22,24H,2,4,7-8,11-12,16-18H2,1H3,(H,29,32)/t24-/m1/s1. The summed E-state index contributed by atoms with van der Waals surface area (Å²) in [7, 11) is 0. The number of halogens is 2. The molecular weight excluding hydrogens is 475 g/mol. The number of benzene rings is 2. The number of amides is 2. The molecule has 0 radical (unpaired) electrons. The van der Waals surface area contributed by atoms with Crippen LogP contribution in [0.25, 0.3) is 0 Å². The number of thioether (sulfide) groups is 1. The zero-order chi connectivity index (χ0) is 23.6. The van der Waals surface area contributed by atoms with Gasteiger partial charge in [0.2, 0.25) is 11.8 Å². The van der Waals surface area contributed by atoms with Gasteiger partial charge in [-0.3, -0.25) is 9.59 Å². The minimum atomic E-state index is -0.487. The minimum absolute atomic E-state index is 0.0421. The Morgan fingerprint density at radius 1 is 1.09 bits per heavy atom. The largest absolute Gasteiger partial charge is 0.352 e. The molecular formula is C26H32Cl2N2O2S. The van der Waals surface area contributed by atoms with Crippen LogP contribution in [0.5, 0.6) is 0 Å². The van der Waals surface area contributed by atoms with Crippen molar-refractivity contribution < 1.29 is 9.59 Å². The molecule has 1 aliphatic rings. The van der Waals surface area contributed by atoms with E-state index in [0.29, 0.717) is 28.8 Å². The third-order valence-electron chi connectivity index (χ3n) is 6.03. The van der Waals surface area contributed by atoms with Gasteiger partial charge in [-0.1, -0.05) is 85.8 Å². The Kier molecular flexibility index (Phi) is 10.4. The number of hydrogen-bond donors (Lipinski definition) is 1. The molecule has 0 bridgehead atoms. The van der Waals surface area contributed by atoms with Crippen LogP contribution in [-0.4, -0.2) is 34.6 Å². The lowest BCUT2D eigenvalue weighted by atomic mass is 9.95. The number of nitrogens with one attached hydrogen (secondary N) is 1. The van der Waals surface area contributed by atoms with E-state index in [1.165, 1.54) is 18.2 Å². The molecule has 0 spiro atoms. The number of nitrogens with zero attached hydrogens (tertiary/aromatic N) is 1. The third kappa shape index (κ3) is 7.94. The van der Waals surface area contributed by atoms with Crippen molar-refractivity contribution in [1.82, 2.24) is 10.2 Å². The topological polar surface area (TPSA) is 49.4 Å². The minimum Gasteiger partial charge on any atom is -0.352 e. The lowest BCUT2D eigenvalue weighted by Gasteiger charge is -2.32. The summed E-state index contributed by atoms with van der Waals surface area (Å²) >= 11 is 13.8. The molecule has 1 saturated carbocycles. The van der Waals surface area contributed by atoms with E-state index in [0.717, 1.165) is 36.8 Å². The summed E-state index contributed by atoms with van der Waals surface area (Å²) in [5, 5.41) is 4.41. The first-order chi connectivity index (χ1) is 16.0. The summed E-state index contributed by atoms with van der Waals surface area (Å²) in [5.74, 6) is 0.796. The molecule has 7 heteroatoms. The molecule has 0 heterocycles. The normalized spacial score (nSPS) is 15.1. The lowest BCUT2D eigenvalue weighted by molar-refractivity contribution is -0.139. The molecule has 1 N–H and O–H groups in total. The molecule has 4 nitrogen and oxygen atoms in total. The second-order valence-electron chi connectivity index (χ2n) is 8.50. The number of hydrogen-bond acceptors (Lipinski definition) is 3. The van der Waals surface area contributed by atoms with Crippen molar-refractivity contribution in [3.8, 4) is 0 Å². The molecule has 33 heavy (non-hydrogen) atoms. The monoisotopic (exact) mass is 506 g/mol. The molecule has 3 rings (SSSR count). The van der Waals surface area contributed by atoms with Crippen molar-refractivity contribution in [2.45, 2.75) is 69.8 Å². The van der Waals surface area contributed by atoms with Crippen LogP contribution in [0, 0.1) is 0 Å². The predicted molar refractivity (Wildman–Crippen MR) is 139 cm³/mol. The fourth-order valence-electron chi connectivity index (χ4n) is 4.21. The van der Waals surface area contributed by atoms with E-state index >= 15 is 0 Å². The molecule has 1 atom stereocenters. The van der Waals surface area contributed by atoms with Crippen LogP contribution in [0.15, 0.2) is 48.5 Å². The van der Waals surface area contributed by atoms with Crippen molar-refractivity contribution in [2.75, 3.05) is 5.75 Å². The molecule has 0 aliphatic heterocycles. The smallest absolute Gasteiger partial charge is 0.243 e. The Morgan fingerprint density at radius 3 is 2.48 bits per heavy atom. The van der Waals surface area contributed by atoms with Gasteiger partial charge in [-0.2, -0.15) is 0 Å². The van der Waals surface area contributed by atoms with Crippen molar-refractivity contribution in [3.63, 3.8) is 0 Å². The van der Waals surface area contributed by atoms with Gasteiger partial charge in [0.25, 0.3) is 0 Å². The Labute approximate surface area is 211 Å². The summed E-state index contributed by atoms with van der Waals surface area (Å²) in [6.07, 6.45) is 6.15. The first-order valence-electron chi connectivity index (χ1n) is 11.6. The molecule has 0 saturated heterocycles. The van der Waals surface area contributed by atoms with Crippen molar-refractivity contribution >= 4 is 46.8 Å². The van der Waals surface area contributed by atoms with E-state index in [1.807, 2.05) is 43.3 Å². The molecule has 2 amide bonds. The molecule has 1 fully saturated rings. The highest BCUT2D eigenvalue weighted by molar-refractivity contribution is 7.99. The van der Waals surface area contributed by atoms with E-state index in [4.69, 9.17) is 23.2 Å². The van der Waals surface area contributed by atoms with Crippen molar-refractivity contribution in [3.05, 3.63) is 69.7 Å². The van der Waals surface area contributed by atoms with Gasteiger partial charge in [0.15, 0.2) is 0 Å². The number of carbonyl (C=O) groups excluding carboxylic acids is 2. The van der Waals surface area contributed by atoms with Crippen LogP contribution >= 0.6 is 35.0 Å². The highest BCUT2D eigenvalue weighted by atomic mass is 35.5. The first kappa shape index (κ1) is 25.9. The Bertz CT molecular complexity index is 920. The maximum Gasteiger partial charge on any atom is 0.243 e. The second-order valence-corrected chi connectivity index (χ2v) is 10.3. The van der Waals surface area contributed by atoms with Crippen LogP contribution in [0.1, 0.15) is 56.6 Å². The van der Waals surface area contributed by atoms with Crippen LogP contribution in [0.2, 0.25) is 10.0 Å². The summed E-state index contributed by atoms with van der Waals surface area (Å²) in [6.45, 7) is 2.38. The summed E-state index contributed by atoms with van der Waals surface area (Å²) in [4.78, 5) is 28.3. The van der Waals surface area contributed by atoms with E-state index in [-0.39, 0.29) is 23.6 Å². The fourth-order valence-corrected chi connectivity index (χ4v) is 5.68. The van der Waals surface area contributed by atoms with Gasteiger partial charge in [-0.25, -0.2) is 0 Å². The zero-order valence-corrected chi connectivity index (χ0v) is 21.4. The SMILES string of the molecule is CC[C@H](C(=O)NC1CCCCC1)N(Cc1ccccc1)C(=O)CSCc1ccc(Cl)cc1Cl. The van der Waals surface area contributed by atoms with Gasteiger partial charge in [0, 0.05) is 28.4 Å². The van der Waals surface area contributed by atoms with Crippen LogP contribution < -0.4 is 5.32 Å². The Hall–Kier alpha value is -1.69. The van der Waals surface area contributed by atoms with E-state index in [1.54, 1.807) is 17.0 Å². The number of carbonyl (C=O) groups is 2. The van der Waals surface area contributed by atoms with E-state index in [2.05, 4.69) is 5.32 Å². The maximum atomic E-state index is 13.3. The quantitative estimate of drug-likeness (QED) is 0.400. The lowest BCUT2D eigenvalue weighted by Crippen LogP contribution is -2.52. The summed E-state index contributed by atoms with van der Waals surface area (Å²) in [6, 6.07) is 15.0. The summed E-state index contributed by atoms with van der Waals surface area (Å²) < 4.78 is 0. The molecule has 2 aromatic rings. The molecule has 0 aromatic heterocycles. The van der Waals surface area contributed by atoms with Crippen molar-refractivity contribution in [1.29, 1.82) is 0 Å². The Morgan fingerprint density at radius 2 is 1.82 bits per heavy atom. The fraction of sp³-hybridized carbons (Fsp3) is 0.462. The predicted octanol–water partition coefficient (Wildman–Crippen LogP) is 6.48. The van der Waals surface area contributed by atoms with Gasteiger partial charge < -0.3 is 10.2 Å². The highest BCUT2D eigenvalue weighted by Gasteiger charge is 2.30. The average molecular weight is 508 g/mol. The molecule has 178 valence electrons. The average Bonchev–Trinajstić information content (AvgIpc) is 2.81. The van der Waals surface area contributed by atoms with Gasteiger partial charge >= 0.3 is 0 Å². The zero-order valence-electron chi connectivity index (χ0n) is 19.1. The van der Waals surface area contributed by atoms with Gasteiger partial charge in [-0.15, -0.1) is 11.8 Å². The van der Waals surface area contributed by atoms with Gasteiger partial charge in [-0.05, 0) is 42.5 Å². The molecule has 1 aliphatic carbocycles. The Balaban J connectivity index is 1.68. The first-order valence-corrected chi connectivity index (χ1v) is 13.5. The summed E-state index contributed by atoms with van der Waals surface area (Å²) in [5.41, 5.74) is 1.95. The van der Waals surface area contributed by atoms with Crippen LogP contribution in [0.4, 0.5) is 0 Å². The maximum absolute atomic E-state index is 13.3. The van der Waals surface area contributed by atoms with Gasteiger partial charge in [0.05, 0.1) is 5.75 Å². The molecule has 2 aromatic carbocycles. The second kappa shape index (κ2) is 13.3. The molecule has 0 unspecified atom stereocenters. The van der Waals surface area contributed by atoms with E-state index < -0.39 is 6.04 Å². The van der Waals surface area contributed by atoms with Crippen LogP contribution in [0.3, 0.4) is 0 Å². The van der Waals surface area contributed by atoms with Gasteiger partial charge in [0.1, 0.15) is 6.04 Å². The number of rotatable bonds is 10. The van der Waals surface area contributed by atoms with Crippen LogP contribution in [-0.2, 0) is 21.9 Å². The van der Waals surface area contributed by atoms with Crippen molar-refractivity contribution in [2.24, 2.45) is 0 Å². The highest BCUT2D eigenvalue weighted by Crippen LogP contribution is 2.25. The van der Waals surface area contributed by atoms with E-state index in [9.17, 15) is 9.59 Å².